The molecule has 7 heteroatoms. The molecule has 0 saturated carbocycles. The van der Waals surface area contributed by atoms with Gasteiger partial charge in [0, 0.05) is 17.3 Å². The van der Waals surface area contributed by atoms with Gasteiger partial charge >= 0.3 is 0 Å². The Morgan fingerprint density at radius 2 is 1.75 bits per heavy atom. The van der Waals surface area contributed by atoms with Crippen molar-refractivity contribution in [3.8, 4) is 17.2 Å². The van der Waals surface area contributed by atoms with E-state index < -0.39 is 17.7 Å². The molecule has 2 aliphatic rings. The van der Waals surface area contributed by atoms with Gasteiger partial charge in [0.2, 0.25) is 6.79 Å². The Labute approximate surface area is 184 Å². The molecule has 0 aliphatic carbocycles. The predicted molar refractivity (Wildman–Crippen MR) is 117 cm³/mol. The molecule has 7 nitrogen and oxygen atoms in total. The molecule has 0 aromatic heterocycles. The summed E-state index contributed by atoms with van der Waals surface area (Å²) >= 11 is 0. The van der Waals surface area contributed by atoms with E-state index in [0.29, 0.717) is 34.1 Å². The van der Waals surface area contributed by atoms with Crippen LogP contribution in [0.15, 0.2) is 78.4 Å². The zero-order chi connectivity index (χ0) is 22.2. The highest BCUT2D eigenvalue weighted by molar-refractivity contribution is 6.51. The van der Waals surface area contributed by atoms with Crippen LogP contribution in [0.25, 0.3) is 5.76 Å². The first kappa shape index (κ1) is 19.7. The minimum Gasteiger partial charge on any atom is -0.507 e. The van der Waals surface area contributed by atoms with Crippen LogP contribution in [0.2, 0.25) is 0 Å². The van der Waals surface area contributed by atoms with Crippen LogP contribution in [0.1, 0.15) is 17.2 Å². The van der Waals surface area contributed by atoms with Gasteiger partial charge in [-0.1, -0.05) is 42.5 Å². The summed E-state index contributed by atoms with van der Waals surface area (Å²) in [6.45, 7) is 0.0928. The number of aliphatic hydroxyl groups is 1. The molecule has 0 bridgehead atoms. The molecule has 3 aromatic carbocycles. The van der Waals surface area contributed by atoms with Gasteiger partial charge in [-0.3, -0.25) is 14.5 Å². The van der Waals surface area contributed by atoms with Gasteiger partial charge in [0.15, 0.2) is 11.5 Å². The van der Waals surface area contributed by atoms with E-state index in [1.54, 1.807) is 42.5 Å². The third kappa shape index (κ3) is 3.15. The summed E-state index contributed by atoms with van der Waals surface area (Å²) in [6.07, 6.45) is 0. The number of ketones is 1. The minimum atomic E-state index is -0.817. The Morgan fingerprint density at radius 1 is 0.969 bits per heavy atom. The van der Waals surface area contributed by atoms with Crippen LogP contribution in [-0.2, 0) is 9.59 Å². The van der Waals surface area contributed by atoms with E-state index in [0.717, 1.165) is 0 Å². The summed E-state index contributed by atoms with van der Waals surface area (Å²) < 4.78 is 16.0. The van der Waals surface area contributed by atoms with Crippen molar-refractivity contribution in [3.05, 3.63) is 89.5 Å². The van der Waals surface area contributed by atoms with Crippen LogP contribution in [0, 0.1) is 0 Å². The van der Waals surface area contributed by atoms with Crippen LogP contribution in [0.5, 0.6) is 17.2 Å². The van der Waals surface area contributed by atoms with Crippen LogP contribution in [0.3, 0.4) is 0 Å². The Morgan fingerprint density at radius 3 is 2.53 bits per heavy atom. The highest BCUT2D eigenvalue weighted by Gasteiger charge is 2.47. The normalized spacial score (nSPS) is 18.8. The van der Waals surface area contributed by atoms with E-state index in [-0.39, 0.29) is 18.1 Å². The summed E-state index contributed by atoms with van der Waals surface area (Å²) in [7, 11) is 1.52. The molecule has 1 atom stereocenters. The lowest BCUT2D eigenvalue weighted by molar-refractivity contribution is -0.132. The summed E-state index contributed by atoms with van der Waals surface area (Å²) in [5.74, 6) is -0.185. The molecule has 5 rings (SSSR count). The van der Waals surface area contributed by atoms with Crippen LogP contribution in [-0.4, -0.2) is 30.7 Å². The maximum absolute atomic E-state index is 13.2. The molecular formula is C25H19NO6. The second-order valence-electron chi connectivity index (χ2n) is 7.35. The number of anilines is 1. The molecule has 1 unspecified atom stereocenters. The fraction of sp³-hybridized carbons (Fsp3) is 0.120. The van der Waals surface area contributed by atoms with Crippen LogP contribution >= 0.6 is 0 Å². The number of hydrogen-bond donors (Lipinski definition) is 1. The largest absolute Gasteiger partial charge is 0.507 e. The molecule has 1 N–H and O–H groups in total. The van der Waals surface area contributed by atoms with E-state index in [1.807, 2.05) is 30.3 Å². The summed E-state index contributed by atoms with van der Waals surface area (Å²) in [5, 5.41) is 11.2. The Bertz CT molecular complexity index is 1250. The highest BCUT2D eigenvalue weighted by atomic mass is 16.7. The zero-order valence-electron chi connectivity index (χ0n) is 17.1. The molecule has 160 valence electrons. The van der Waals surface area contributed by atoms with Gasteiger partial charge in [-0.15, -0.1) is 0 Å². The van der Waals surface area contributed by atoms with Crippen molar-refractivity contribution in [1.82, 2.24) is 0 Å². The number of nitrogens with zero attached hydrogens (tertiary/aromatic N) is 1. The number of ether oxygens (including phenoxy) is 3. The average Bonchev–Trinajstić information content (AvgIpc) is 3.41. The van der Waals surface area contributed by atoms with E-state index in [1.165, 1.54) is 12.0 Å². The summed E-state index contributed by atoms with van der Waals surface area (Å²) in [4.78, 5) is 27.8. The number of Topliss-reactive ketones (excluding diaryl/α,β-unsaturated/α-hetero) is 1. The fourth-order valence-corrected chi connectivity index (χ4v) is 4.01. The fourth-order valence-electron chi connectivity index (χ4n) is 4.01. The molecule has 32 heavy (non-hydrogen) atoms. The van der Waals surface area contributed by atoms with Gasteiger partial charge in [0.05, 0.1) is 18.7 Å². The Kier molecular flexibility index (Phi) is 4.78. The van der Waals surface area contributed by atoms with Crippen molar-refractivity contribution in [1.29, 1.82) is 0 Å². The maximum atomic E-state index is 13.2. The molecule has 1 saturated heterocycles. The van der Waals surface area contributed by atoms with Gasteiger partial charge in [-0.2, -0.15) is 0 Å². The number of amides is 1. The second kappa shape index (κ2) is 7.77. The van der Waals surface area contributed by atoms with Gasteiger partial charge in [0.25, 0.3) is 11.7 Å². The number of carbonyl (C=O) groups is 2. The quantitative estimate of drug-likeness (QED) is 0.383. The monoisotopic (exact) mass is 429 g/mol. The van der Waals surface area contributed by atoms with Gasteiger partial charge < -0.3 is 19.3 Å². The maximum Gasteiger partial charge on any atom is 0.300 e. The number of hydrogen-bond acceptors (Lipinski definition) is 6. The van der Waals surface area contributed by atoms with Crippen molar-refractivity contribution in [2.75, 3.05) is 18.8 Å². The van der Waals surface area contributed by atoms with Crippen molar-refractivity contribution in [2.24, 2.45) is 0 Å². The third-order valence-corrected chi connectivity index (χ3v) is 5.54. The van der Waals surface area contributed by atoms with Crippen molar-refractivity contribution in [3.63, 3.8) is 0 Å². The number of benzene rings is 3. The van der Waals surface area contributed by atoms with Crippen LogP contribution in [0.4, 0.5) is 5.69 Å². The van der Waals surface area contributed by atoms with Crippen molar-refractivity contribution < 1.29 is 28.9 Å². The molecule has 3 aromatic rings. The SMILES string of the molecule is COc1cccc(/C(O)=C2\C(=O)C(=O)N(c3ccc4c(c3)OCO4)C2c2ccccc2)c1. The zero-order valence-corrected chi connectivity index (χ0v) is 17.1. The van der Waals surface area contributed by atoms with E-state index in [2.05, 4.69) is 0 Å². The summed E-state index contributed by atoms with van der Waals surface area (Å²) in [6, 6.07) is 20.1. The number of fused-ring (bicyclic) bond motifs is 1. The van der Waals surface area contributed by atoms with E-state index in [4.69, 9.17) is 14.2 Å². The van der Waals surface area contributed by atoms with Gasteiger partial charge in [-0.25, -0.2) is 0 Å². The van der Waals surface area contributed by atoms with E-state index in [9.17, 15) is 14.7 Å². The lowest BCUT2D eigenvalue weighted by atomic mass is 9.95. The third-order valence-electron chi connectivity index (χ3n) is 5.54. The first-order valence-electron chi connectivity index (χ1n) is 9.98. The van der Waals surface area contributed by atoms with Crippen molar-refractivity contribution in [2.45, 2.75) is 6.04 Å². The molecule has 2 aliphatic heterocycles. The van der Waals surface area contributed by atoms with Gasteiger partial charge in [0.1, 0.15) is 11.5 Å². The molecule has 1 fully saturated rings. The Balaban J connectivity index is 1.70. The first-order chi connectivity index (χ1) is 15.6. The highest BCUT2D eigenvalue weighted by Crippen LogP contribution is 2.44. The smallest absolute Gasteiger partial charge is 0.300 e. The standard InChI is InChI=1S/C25H19NO6/c1-30-18-9-5-8-16(12-18)23(27)21-22(15-6-3-2-4-7-15)26(25(29)24(21)28)17-10-11-19-20(13-17)32-14-31-19/h2-13,22,27H,14H2,1H3/b23-21+. The molecular weight excluding hydrogens is 410 g/mol. The van der Waals surface area contributed by atoms with E-state index >= 15 is 0 Å². The van der Waals surface area contributed by atoms with Crippen molar-refractivity contribution >= 4 is 23.1 Å². The average molecular weight is 429 g/mol. The topological polar surface area (TPSA) is 85.3 Å². The molecule has 1 amide bonds. The van der Waals surface area contributed by atoms with Gasteiger partial charge in [-0.05, 0) is 29.8 Å². The van der Waals surface area contributed by atoms with Crippen LogP contribution < -0.4 is 19.1 Å². The summed E-state index contributed by atoms with van der Waals surface area (Å²) in [5.41, 5.74) is 1.55. The number of rotatable bonds is 4. The first-order valence-corrected chi connectivity index (χ1v) is 9.98. The number of methoxy groups -OCH3 is 1. The Hall–Kier alpha value is -4.26. The minimum absolute atomic E-state index is 0.00659. The number of carbonyl (C=O) groups excluding carboxylic acids is 2. The molecule has 0 radical (unpaired) electrons. The molecule has 0 spiro atoms. The lowest BCUT2D eigenvalue weighted by Gasteiger charge is -2.25. The lowest BCUT2D eigenvalue weighted by Crippen LogP contribution is -2.29. The number of aliphatic hydroxyl groups excluding tert-OH is 1. The molecule has 2 heterocycles. The second-order valence-corrected chi connectivity index (χ2v) is 7.35. The predicted octanol–water partition coefficient (Wildman–Crippen LogP) is 4.05.